The lowest BCUT2D eigenvalue weighted by Crippen LogP contribution is -2.61. The van der Waals surface area contributed by atoms with E-state index in [1.54, 1.807) is 6.08 Å². The Bertz CT molecular complexity index is 787. The normalized spacial score (nSPS) is 48.0. The first-order valence-electron chi connectivity index (χ1n) is 12.8. The van der Waals surface area contributed by atoms with Crippen molar-refractivity contribution in [1.82, 2.24) is 0 Å². The fourth-order valence-corrected chi connectivity index (χ4v) is 8.41. The monoisotopic (exact) mass is 448 g/mol. The van der Waals surface area contributed by atoms with E-state index in [1.165, 1.54) is 0 Å². The van der Waals surface area contributed by atoms with E-state index in [4.69, 9.17) is 0 Å². The predicted octanol–water partition coefficient (Wildman–Crippen LogP) is 3.77. The minimum atomic E-state index is -1.10. The highest BCUT2D eigenvalue weighted by atomic mass is 16.3. The molecule has 0 bridgehead atoms. The second-order valence-corrected chi connectivity index (χ2v) is 12.7. The Balaban J connectivity index is 1.66. The van der Waals surface area contributed by atoms with Crippen LogP contribution in [-0.4, -0.2) is 49.6 Å². The lowest BCUT2D eigenvalue weighted by atomic mass is 9.45. The van der Waals surface area contributed by atoms with Crippen LogP contribution < -0.4 is 0 Å². The third-order valence-electron chi connectivity index (χ3n) is 10.3. The number of hydrogen-bond donors (Lipinski definition) is 4. The Morgan fingerprint density at radius 3 is 2.47 bits per heavy atom. The molecule has 182 valence electrons. The summed E-state index contributed by atoms with van der Waals surface area (Å²) in [6.07, 6.45) is 6.41. The molecule has 0 spiro atoms. The van der Waals surface area contributed by atoms with Gasteiger partial charge in [-0.15, -0.1) is 0 Å². The number of aliphatic hydroxyl groups is 4. The largest absolute Gasteiger partial charge is 0.390 e. The fourth-order valence-electron chi connectivity index (χ4n) is 8.41. The molecule has 4 aliphatic rings. The van der Waals surface area contributed by atoms with E-state index in [-0.39, 0.29) is 23.5 Å². The summed E-state index contributed by atoms with van der Waals surface area (Å²) in [5.74, 6) is 0.283. The standard InChI is InChI=1S/C27H44O5/c1-16(2)7-6-10-26(5,31)23-9-12-27(32)18-13-20(28)19-14-21(29)22(30)15-24(19,3)17(18)8-11-25(23,27)4/h13,16-17,19,21-23,29-32H,6-12,14-15H2,1-5H3/t17?,19?,21-,22+,23?,24?,25?,26+,27-/m1/s1. The topological polar surface area (TPSA) is 98.0 Å². The number of rotatable bonds is 5. The highest BCUT2D eigenvalue weighted by Crippen LogP contribution is 2.68. The molecule has 5 heteroatoms. The quantitative estimate of drug-likeness (QED) is 0.513. The number of fused-ring (bicyclic) bond motifs is 5. The Kier molecular flexibility index (Phi) is 6.02. The van der Waals surface area contributed by atoms with Gasteiger partial charge in [0.15, 0.2) is 5.78 Å². The lowest BCUT2D eigenvalue weighted by molar-refractivity contribution is -0.160. The van der Waals surface area contributed by atoms with Crippen molar-refractivity contribution in [2.24, 2.45) is 34.5 Å². The summed E-state index contributed by atoms with van der Waals surface area (Å²) < 4.78 is 0. The van der Waals surface area contributed by atoms with Gasteiger partial charge in [-0.1, -0.05) is 40.5 Å². The average molecular weight is 449 g/mol. The van der Waals surface area contributed by atoms with Gasteiger partial charge in [0.25, 0.3) is 0 Å². The van der Waals surface area contributed by atoms with Crippen molar-refractivity contribution in [3.05, 3.63) is 11.6 Å². The molecule has 4 rings (SSSR count). The maximum atomic E-state index is 13.2. The molecule has 32 heavy (non-hydrogen) atoms. The van der Waals surface area contributed by atoms with Crippen molar-refractivity contribution in [2.45, 2.75) is 116 Å². The van der Waals surface area contributed by atoms with Crippen molar-refractivity contribution in [3.63, 3.8) is 0 Å². The van der Waals surface area contributed by atoms with Gasteiger partial charge in [0.1, 0.15) is 0 Å². The molecule has 0 aromatic carbocycles. The van der Waals surface area contributed by atoms with E-state index in [0.717, 1.165) is 44.1 Å². The molecule has 0 heterocycles. The molecule has 0 radical (unpaired) electrons. The molecule has 3 saturated carbocycles. The van der Waals surface area contributed by atoms with E-state index in [9.17, 15) is 25.2 Å². The Morgan fingerprint density at radius 2 is 1.81 bits per heavy atom. The smallest absolute Gasteiger partial charge is 0.159 e. The highest BCUT2D eigenvalue weighted by molar-refractivity contribution is 5.95. The number of ketones is 1. The van der Waals surface area contributed by atoms with Gasteiger partial charge in [-0.3, -0.25) is 4.79 Å². The van der Waals surface area contributed by atoms with Crippen LogP contribution in [0.25, 0.3) is 0 Å². The van der Waals surface area contributed by atoms with E-state index < -0.39 is 34.2 Å². The van der Waals surface area contributed by atoms with Crippen LogP contribution in [0.1, 0.15) is 92.4 Å². The third-order valence-corrected chi connectivity index (χ3v) is 10.3. The van der Waals surface area contributed by atoms with Gasteiger partial charge < -0.3 is 20.4 Å². The van der Waals surface area contributed by atoms with Crippen LogP contribution in [0.4, 0.5) is 0 Å². The number of allylic oxidation sites excluding steroid dienone is 1. The van der Waals surface area contributed by atoms with Crippen molar-refractivity contribution in [2.75, 3.05) is 0 Å². The van der Waals surface area contributed by atoms with Crippen molar-refractivity contribution >= 4 is 5.78 Å². The van der Waals surface area contributed by atoms with Crippen LogP contribution in [0.2, 0.25) is 0 Å². The zero-order valence-corrected chi connectivity index (χ0v) is 20.6. The molecule has 0 amide bonds. The molecule has 3 fully saturated rings. The molecule has 4 N–H and O–H groups in total. The molecule has 4 aliphatic carbocycles. The maximum absolute atomic E-state index is 13.2. The van der Waals surface area contributed by atoms with Crippen molar-refractivity contribution in [3.8, 4) is 0 Å². The summed E-state index contributed by atoms with van der Waals surface area (Å²) in [4.78, 5) is 13.2. The van der Waals surface area contributed by atoms with Crippen LogP contribution in [0.15, 0.2) is 11.6 Å². The Morgan fingerprint density at radius 1 is 1.12 bits per heavy atom. The minimum Gasteiger partial charge on any atom is -0.390 e. The van der Waals surface area contributed by atoms with Crippen LogP contribution >= 0.6 is 0 Å². The first kappa shape index (κ1) is 24.4. The van der Waals surface area contributed by atoms with E-state index >= 15 is 0 Å². The minimum absolute atomic E-state index is 0.0190. The predicted molar refractivity (Wildman–Crippen MR) is 124 cm³/mol. The van der Waals surface area contributed by atoms with Crippen LogP contribution in [0.5, 0.6) is 0 Å². The van der Waals surface area contributed by atoms with Gasteiger partial charge >= 0.3 is 0 Å². The summed E-state index contributed by atoms with van der Waals surface area (Å²) in [7, 11) is 0. The number of carbonyl (C=O) groups is 1. The van der Waals surface area contributed by atoms with Crippen LogP contribution in [0, 0.1) is 34.5 Å². The highest BCUT2D eigenvalue weighted by Gasteiger charge is 2.68. The maximum Gasteiger partial charge on any atom is 0.159 e. The second kappa shape index (κ2) is 7.90. The van der Waals surface area contributed by atoms with Crippen LogP contribution in [0.3, 0.4) is 0 Å². The zero-order chi connectivity index (χ0) is 23.7. The summed E-state index contributed by atoms with van der Waals surface area (Å²) in [6, 6.07) is 0. The molecule has 0 saturated heterocycles. The van der Waals surface area contributed by atoms with E-state index in [0.29, 0.717) is 25.2 Å². The number of aliphatic hydroxyl groups excluding tert-OH is 2. The molecular weight excluding hydrogens is 404 g/mol. The average Bonchev–Trinajstić information content (AvgIpc) is 2.96. The lowest BCUT2D eigenvalue weighted by Gasteiger charge is -2.60. The van der Waals surface area contributed by atoms with E-state index in [2.05, 4.69) is 27.7 Å². The zero-order valence-electron chi connectivity index (χ0n) is 20.6. The molecule has 0 aromatic heterocycles. The summed E-state index contributed by atoms with van der Waals surface area (Å²) in [5, 5.41) is 44.4. The molecule has 0 aliphatic heterocycles. The molecule has 9 atom stereocenters. The number of carbonyl (C=O) groups excluding carboxylic acids is 1. The molecule has 5 nitrogen and oxygen atoms in total. The molecule has 5 unspecified atom stereocenters. The first-order chi connectivity index (χ1) is 14.8. The number of hydrogen-bond acceptors (Lipinski definition) is 5. The van der Waals surface area contributed by atoms with Gasteiger partial charge in [-0.2, -0.15) is 0 Å². The third kappa shape index (κ3) is 3.45. The summed E-state index contributed by atoms with van der Waals surface area (Å²) >= 11 is 0. The van der Waals surface area contributed by atoms with Gasteiger partial charge in [0.2, 0.25) is 0 Å². The Hall–Kier alpha value is -0.750. The van der Waals surface area contributed by atoms with Crippen molar-refractivity contribution < 1.29 is 25.2 Å². The second-order valence-electron chi connectivity index (χ2n) is 12.7. The van der Waals surface area contributed by atoms with E-state index in [1.807, 2.05) is 6.92 Å². The van der Waals surface area contributed by atoms with Crippen LogP contribution in [-0.2, 0) is 4.79 Å². The summed E-state index contributed by atoms with van der Waals surface area (Å²) in [6.45, 7) is 10.5. The van der Waals surface area contributed by atoms with Gasteiger partial charge in [0, 0.05) is 11.3 Å². The van der Waals surface area contributed by atoms with Gasteiger partial charge in [-0.05, 0) is 86.7 Å². The van der Waals surface area contributed by atoms with Gasteiger partial charge in [-0.25, -0.2) is 0 Å². The first-order valence-corrected chi connectivity index (χ1v) is 12.8. The van der Waals surface area contributed by atoms with Crippen molar-refractivity contribution in [1.29, 1.82) is 0 Å². The molecular formula is C27H44O5. The fraction of sp³-hybridized carbons (Fsp3) is 0.889. The van der Waals surface area contributed by atoms with Gasteiger partial charge in [0.05, 0.1) is 23.4 Å². The SMILES string of the molecule is CC(C)CCC[C@](C)(O)C1CC[C@@]2(O)C3=CC(=O)C4C[C@@H](O)[C@@H](O)CC4(C)C3CCC12C. The molecule has 0 aromatic rings. The summed E-state index contributed by atoms with van der Waals surface area (Å²) in [5.41, 5.74) is -2.05. The Labute approximate surface area is 193 Å².